The van der Waals surface area contributed by atoms with Gasteiger partial charge in [-0.2, -0.15) is 0 Å². The molecule has 2 atom stereocenters. The van der Waals surface area contributed by atoms with Crippen LogP contribution >= 0.6 is 0 Å². The van der Waals surface area contributed by atoms with Crippen molar-refractivity contribution < 1.29 is 9.84 Å². The first-order valence-corrected chi connectivity index (χ1v) is 6.59. The highest BCUT2D eigenvalue weighted by Crippen LogP contribution is 2.28. The SMILES string of the molecule is NC1CC2COCC(C1)N2Cc1ccc(O)cc1. The molecule has 18 heavy (non-hydrogen) atoms. The fourth-order valence-corrected chi connectivity index (χ4v) is 3.10. The van der Waals surface area contributed by atoms with Crippen LogP contribution in [0.5, 0.6) is 5.75 Å². The molecule has 0 aliphatic carbocycles. The maximum absolute atomic E-state index is 9.31. The van der Waals surface area contributed by atoms with Crippen molar-refractivity contribution >= 4 is 0 Å². The molecule has 0 spiro atoms. The summed E-state index contributed by atoms with van der Waals surface area (Å²) in [6.07, 6.45) is 2.04. The van der Waals surface area contributed by atoms with Gasteiger partial charge in [0.25, 0.3) is 0 Å². The normalized spacial score (nSPS) is 32.4. The van der Waals surface area contributed by atoms with Crippen LogP contribution in [-0.2, 0) is 11.3 Å². The number of ether oxygens (including phenoxy) is 1. The molecule has 0 aromatic heterocycles. The highest BCUT2D eigenvalue weighted by molar-refractivity contribution is 5.26. The van der Waals surface area contributed by atoms with E-state index in [4.69, 9.17) is 10.5 Å². The molecule has 2 fully saturated rings. The lowest BCUT2D eigenvalue weighted by Crippen LogP contribution is -2.58. The van der Waals surface area contributed by atoms with E-state index in [1.165, 1.54) is 5.56 Å². The number of nitrogens with zero attached hydrogens (tertiary/aromatic N) is 1. The van der Waals surface area contributed by atoms with Crippen LogP contribution in [0.2, 0.25) is 0 Å². The molecule has 2 aliphatic rings. The summed E-state index contributed by atoms with van der Waals surface area (Å²) < 4.78 is 5.63. The topological polar surface area (TPSA) is 58.7 Å². The third-order valence-corrected chi connectivity index (χ3v) is 4.01. The molecule has 3 rings (SSSR count). The van der Waals surface area contributed by atoms with Crippen molar-refractivity contribution in [1.29, 1.82) is 0 Å². The van der Waals surface area contributed by atoms with Gasteiger partial charge in [0.15, 0.2) is 0 Å². The van der Waals surface area contributed by atoms with Crippen LogP contribution in [0.3, 0.4) is 0 Å². The molecule has 3 N–H and O–H groups in total. The van der Waals surface area contributed by atoms with Gasteiger partial charge in [-0.1, -0.05) is 12.1 Å². The zero-order valence-electron chi connectivity index (χ0n) is 10.5. The molecule has 98 valence electrons. The minimum absolute atomic E-state index is 0.319. The summed E-state index contributed by atoms with van der Waals surface area (Å²) in [6, 6.07) is 8.68. The Balaban J connectivity index is 1.73. The summed E-state index contributed by atoms with van der Waals surface area (Å²) in [5, 5.41) is 9.31. The van der Waals surface area contributed by atoms with Crippen LogP contribution in [0.25, 0.3) is 0 Å². The predicted molar refractivity (Wildman–Crippen MR) is 69.3 cm³/mol. The number of aromatic hydroxyl groups is 1. The number of hydrogen-bond acceptors (Lipinski definition) is 4. The van der Waals surface area contributed by atoms with Crippen LogP contribution < -0.4 is 5.73 Å². The van der Waals surface area contributed by atoms with E-state index in [0.717, 1.165) is 32.6 Å². The molecular weight excluding hydrogens is 228 g/mol. The highest BCUT2D eigenvalue weighted by Gasteiger charge is 2.37. The Morgan fingerprint density at radius 2 is 1.78 bits per heavy atom. The van der Waals surface area contributed by atoms with Crippen LogP contribution in [0.4, 0.5) is 0 Å². The number of hydrogen-bond donors (Lipinski definition) is 2. The van der Waals surface area contributed by atoms with Gasteiger partial charge < -0.3 is 15.6 Å². The molecule has 0 saturated carbocycles. The molecule has 4 nitrogen and oxygen atoms in total. The van der Waals surface area contributed by atoms with Crippen LogP contribution in [0.1, 0.15) is 18.4 Å². The van der Waals surface area contributed by atoms with E-state index in [1.807, 2.05) is 12.1 Å². The lowest BCUT2D eigenvalue weighted by atomic mass is 9.90. The Morgan fingerprint density at radius 1 is 1.17 bits per heavy atom. The number of phenolic OH excluding ortho intramolecular Hbond substituents is 1. The van der Waals surface area contributed by atoms with E-state index in [9.17, 15) is 5.11 Å². The van der Waals surface area contributed by atoms with E-state index in [2.05, 4.69) is 4.90 Å². The minimum Gasteiger partial charge on any atom is -0.508 e. The monoisotopic (exact) mass is 248 g/mol. The van der Waals surface area contributed by atoms with Gasteiger partial charge in [0.2, 0.25) is 0 Å². The first kappa shape index (κ1) is 12.0. The van der Waals surface area contributed by atoms with Crippen LogP contribution in [0.15, 0.2) is 24.3 Å². The lowest BCUT2D eigenvalue weighted by Gasteiger charge is -2.47. The first-order chi connectivity index (χ1) is 8.72. The molecule has 2 bridgehead atoms. The maximum Gasteiger partial charge on any atom is 0.115 e. The van der Waals surface area contributed by atoms with Crippen molar-refractivity contribution in [2.75, 3.05) is 13.2 Å². The molecule has 0 radical (unpaired) electrons. The van der Waals surface area contributed by atoms with Gasteiger partial charge >= 0.3 is 0 Å². The summed E-state index contributed by atoms with van der Waals surface area (Å²) in [4.78, 5) is 2.51. The Kier molecular flexibility index (Phi) is 3.24. The average molecular weight is 248 g/mol. The van der Waals surface area contributed by atoms with E-state index < -0.39 is 0 Å². The fraction of sp³-hybridized carbons (Fsp3) is 0.571. The molecule has 0 amide bonds. The van der Waals surface area contributed by atoms with Gasteiger partial charge in [-0.05, 0) is 30.5 Å². The molecule has 2 aliphatic heterocycles. The third kappa shape index (κ3) is 2.36. The largest absolute Gasteiger partial charge is 0.508 e. The van der Waals surface area contributed by atoms with E-state index >= 15 is 0 Å². The number of nitrogens with two attached hydrogens (primary N) is 1. The summed E-state index contributed by atoms with van der Waals surface area (Å²) in [5.41, 5.74) is 7.32. The van der Waals surface area contributed by atoms with Gasteiger partial charge in [-0.25, -0.2) is 0 Å². The van der Waals surface area contributed by atoms with Gasteiger partial charge in [-0.15, -0.1) is 0 Å². The zero-order valence-corrected chi connectivity index (χ0v) is 10.5. The van der Waals surface area contributed by atoms with Gasteiger partial charge in [0, 0.05) is 24.7 Å². The maximum atomic E-state index is 9.31. The molecule has 1 aromatic rings. The van der Waals surface area contributed by atoms with E-state index in [-0.39, 0.29) is 0 Å². The molecule has 2 heterocycles. The highest BCUT2D eigenvalue weighted by atomic mass is 16.5. The Bertz CT molecular complexity index is 393. The molecule has 1 aromatic carbocycles. The summed E-state index contributed by atoms with van der Waals surface area (Å²) in [7, 11) is 0. The van der Waals surface area contributed by atoms with Crippen molar-refractivity contribution in [3.63, 3.8) is 0 Å². The number of phenols is 1. The zero-order chi connectivity index (χ0) is 12.5. The quantitative estimate of drug-likeness (QED) is 0.822. The standard InChI is InChI=1S/C14H20N2O2/c15-11-5-12-8-18-9-13(6-11)16(12)7-10-1-3-14(17)4-2-10/h1-4,11-13,17H,5-9,15H2. The molecule has 2 saturated heterocycles. The van der Waals surface area contributed by atoms with Crippen molar-refractivity contribution in [3.05, 3.63) is 29.8 Å². The molecule has 4 heteroatoms. The predicted octanol–water partition coefficient (Wildman–Crippen LogP) is 1.08. The number of rotatable bonds is 2. The number of fused-ring (bicyclic) bond motifs is 2. The fourth-order valence-electron chi connectivity index (χ4n) is 3.10. The second kappa shape index (κ2) is 4.88. The third-order valence-electron chi connectivity index (χ3n) is 4.01. The van der Waals surface area contributed by atoms with Gasteiger partial charge in [0.1, 0.15) is 5.75 Å². The smallest absolute Gasteiger partial charge is 0.115 e. The average Bonchev–Trinajstić information content (AvgIpc) is 2.33. The first-order valence-electron chi connectivity index (χ1n) is 6.59. The Morgan fingerprint density at radius 3 is 2.39 bits per heavy atom. The second-order valence-electron chi connectivity index (χ2n) is 5.42. The number of piperidine rings is 1. The Labute approximate surface area is 107 Å². The number of morpholine rings is 1. The molecular formula is C14H20N2O2. The van der Waals surface area contributed by atoms with E-state index in [1.54, 1.807) is 12.1 Å². The van der Waals surface area contributed by atoms with E-state index in [0.29, 0.717) is 23.9 Å². The van der Waals surface area contributed by atoms with Crippen LogP contribution in [-0.4, -0.2) is 41.3 Å². The lowest BCUT2D eigenvalue weighted by molar-refractivity contribution is -0.0819. The van der Waals surface area contributed by atoms with Crippen molar-refractivity contribution in [3.8, 4) is 5.75 Å². The van der Waals surface area contributed by atoms with Gasteiger partial charge in [-0.3, -0.25) is 4.90 Å². The summed E-state index contributed by atoms with van der Waals surface area (Å²) in [6.45, 7) is 2.51. The number of benzene rings is 1. The van der Waals surface area contributed by atoms with Gasteiger partial charge in [0.05, 0.1) is 13.2 Å². The van der Waals surface area contributed by atoms with Crippen molar-refractivity contribution in [2.45, 2.75) is 37.5 Å². The minimum atomic E-state index is 0.319. The molecule has 2 unspecified atom stereocenters. The summed E-state index contributed by atoms with van der Waals surface area (Å²) in [5.74, 6) is 0.322. The second-order valence-corrected chi connectivity index (χ2v) is 5.42. The van der Waals surface area contributed by atoms with Crippen LogP contribution in [0, 0.1) is 0 Å². The van der Waals surface area contributed by atoms with Crippen molar-refractivity contribution in [1.82, 2.24) is 4.90 Å². The summed E-state index contributed by atoms with van der Waals surface area (Å²) >= 11 is 0. The van der Waals surface area contributed by atoms with Crippen molar-refractivity contribution in [2.24, 2.45) is 5.73 Å². The Hall–Kier alpha value is -1.10.